The van der Waals surface area contributed by atoms with Crippen LogP contribution in [0.2, 0.25) is 0 Å². The van der Waals surface area contributed by atoms with Crippen molar-refractivity contribution in [2.45, 2.75) is 19.8 Å². The van der Waals surface area contributed by atoms with E-state index in [4.69, 9.17) is 4.11 Å². The number of halogens is 1. The Kier molecular flexibility index (Phi) is 2.06. The molecule has 0 aliphatic rings. The van der Waals surface area contributed by atoms with Gasteiger partial charge in [-0.2, -0.15) is 4.39 Å². The Balaban J connectivity index is 3.02. The largest absolute Gasteiger partial charge is 0.354 e. The summed E-state index contributed by atoms with van der Waals surface area (Å²) in [6.45, 7) is 1.06. The molecule has 1 N–H and O–H groups in total. The van der Waals surface area contributed by atoms with Crippen molar-refractivity contribution in [3.8, 4) is 0 Å². The molecule has 4 heteroatoms. The van der Waals surface area contributed by atoms with Crippen molar-refractivity contribution in [1.29, 1.82) is 0 Å². The van der Waals surface area contributed by atoms with Crippen LogP contribution in [0.15, 0.2) is 12.1 Å². The number of carbonyl (C=O) groups is 1. The van der Waals surface area contributed by atoms with E-state index >= 15 is 0 Å². The average Bonchev–Trinajstić information content (AvgIpc) is 2.13. The van der Waals surface area contributed by atoms with Crippen LogP contribution in [0.4, 0.5) is 4.39 Å². The Bertz CT molecular complexity index is 432. The van der Waals surface area contributed by atoms with Gasteiger partial charge in [-0.05, 0) is 23.6 Å². The molecule has 0 bridgehead atoms. The Morgan fingerprint density at radius 1 is 1.64 bits per heavy atom. The molecule has 0 unspecified atom stereocenters. The molecule has 0 saturated carbocycles. The normalized spacial score (nSPS) is 14.4. The van der Waals surface area contributed by atoms with Gasteiger partial charge in [-0.15, -0.1) is 0 Å². The fourth-order valence-electron chi connectivity index (χ4n) is 1.03. The van der Waals surface area contributed by atoms with Crippen LogP contribution in [0, 0.1) is 5.95 Å². The number of pyridine rings is 1. The van der Waals surface area contributed by atoms with Crippen molar-refractivity contribution in [3.63, 3.8) is 0 Å². The first kappa shape index (κ1) is 6.92. The number of hydrogen-bond acceptors (Lipinski definition) is 2. The first-order valence-corrected chi connectivity index (χ1v) is 4.19. The van der Waals surface area contributed by atoms with Crippen LogP contribution in [-0.4, -0.2) is 17.9 Å². The molecular weight excluding hydrogens is 183 g/mol. The predicted molar refractivity (Wildman–Crippen MR) is 51.7 cm³/mol. The average molecular weight is 199 g/mol. The van der Waals surface area contributed by atoms with Crippen molar-refractivity contribution >= 4 is 5.91 Å². The SMILES string of the molecule is [2H]C([2H])([2H])NC(=O)c1cc(C(C)C)cc(F)n1. The van der Waals surface area contributed by atoms with Crippen LogP contribution >= 0.6 is 0 Å². The fraction of sp³-hybridized carbons (Fsp3) is 0.400. The zero-order chi connectivity index (χ0) is 13.2. The van der Waals surface area contributed by atoms with Crippen LogP contribution in [0.1, 0.15) is 39.9 Å². The molecule has 1 heterocycles. The molecule has 1 aromatic heterocycles. The Morgan fingerprint density at radius 2 is 2.36 bits per heavy atom. The summed E-state index contributed by atoms with van der Waals surface area (Å²) in [5.41, 5.74) is 0.359. The number of rotatable bonds is 2. The molecule has 1 aromatic rings. The van der Waals surface area contributed by atoms with E-state index in [1.807, 2.05) is 13.8 Å². The maximum atomic E-state index is 13.1. The summed E-state index contributed by atoms with van der Waals surface area (Å²) >= 11 is 0. The van der Waals surface area contributed by atoms with Crippen molar-refractivity contribution in [3.05, 3.63) is 29.3 Å². The summed E-state index contributed by atoms with van der Waals surface area (Å²) in [6.07, 6.45) is 0. The van der Waals surface area contributed by atoms with E-state index in [0.29, 0.717) is 5.56 Å². The molecule has 0 atom stereocenters. The second-order valence-electron chi connectivity index (χ2n) is 3.22. The molecule has 0 fully saturated rings. The highest BCUT2D eigenvalue weighted by Gasteiger charge is 2.10. The van der Waals surface area contributed by atoms with Crippen LogP contribution in [0.5, 0.6) is 0 Å². The van der Waals surface area contributed by atoms with Crippen LogP contribution in [-0.2, 0) is 0 Å². The number of nitrogens with one attached hydrogen (secondary N) is 1. The first-order chi connectivity index (χ1) is 7.69. The van der Waals surface area contributed by atoms with Crippen molar-refractivity contribution < 1.29 is 13.3 Å². The van der Waals surface area contributed by atoms with Gasteiger partial charge in [0.15, 0.2) is 0 Å². The molecule has 0 aliphatic carbocycles. The maximum Gasteiger partial charge on any atom is 0.269 e. The standard InChI is InChI=1S/C10H13FN2O/c1-6(2)7-4-8(10(14)12-3)13-9(11)5-7/h4-6H,1-3H3,(H,12,14)/i3D3. The highest BCUT2D eigenvalue weighted by Crippen LogP contribution is 2.15. The van der Waals surface area contributed by atoms with Gasteiger partial charge in [0.2, 0.25) is 5.95 Å². The van der Waals surface area contributed by atoms with E-state index in [9.17, 15) is 9.18 Å². The monoisotopic (exact) mass is 199 g/mol. The number of nitrogens with zero attached hydrogens (tertiary/aromatic N) is 1. The van der Waals surface area contributed by atoms with Gasteiger partial charge in [0.1, 0.15) is 5.69 Å². The summed E-state index contributed by atoms with van der Waals surface area (Å²) in [5, 5.41) is 1.76. The number of amides is 1. The lowest BCUT2D eigenvalue weighted by atomic mass is 10.0. The van der Waals surface area contributed by atoms with Gasteiger partial charge in [0.25, 0.3) is 5.91 Å². The fourth-order valence-corrected chi connectivity index (χ4v) is 1.03. The third-order valence-electron chi connectivity index (χ3n) is 1.83. The van der Waals surface area contributed by atoms with Crippen LogP contribution in [0.3, 0.4) is 0 Å². The van der Waals surface area contributed by atoms with Gasteiger partial charge in [0.05, 0.1) is 0 Å². The summed E-state index contributed by atoms with van der Waals surface area (Å²) in [4.78, 5) is 14.9. The number of carbonyl (C=O) groups excluding carboxylic acids is 1. The van der Waals surface area contributed by atoms with Crippen molar-refractivity contribution in [1.82, 2.24) is 10.3 Å². The van der Waals surface area contributed by atoms with E-state index in [2.05, 4.69) is 4.98 Å². The Hall–Kier alpha value is -1.45. The lowest BCUT2D eigenvalue weighted by Crippen LogP contribution is -2.20. The van der Waals surface area contributed by atoms with Gasteiger partial charge in [-0.3, -0.25) is 4.79 Å². The van der Waals surface area contributed by atoms with Gasteiger partial charge in [0, 0.05) is 11.1 Å². The van der Waals surface area contributed by atoms with E-state index in [0.717, 1.165) is 0 Å². The Morgan fingerprint density at radius 3 is 2.93 bits per heavy atom. The topological polar surface area (TPSA) is 42.0 Å². The van der Waals surface area contributed by atoms with Gasteiger partial charge in [-0.25, -0.2) is 4.98 Å². The van der Waals surface area contributed by atoms with Gasteiger partial charge < -0.3 is 5.32 Å². The van der Waals surface area contributed by atoms with Crippen LogP contribution in [0.25, 0.3) is 0 Å². The van der Waals surface area contributed by atoms with E-state index in [1.165, 1.54) is 12.1 Å². The Labute approximate surface area is 86.6 Å². The lowest BCUT2D eigenvalue weighted by molar-refractivity contribution is 0.0957. The van der Waals surface area contributed by atoms with Gasteiger partial charge in [-0.1, -0.05) is 13.8 Å². The molecule has 0 saturated heterocycles. The molecule has 0 aliphatic heterocycles. The predicted octanol–water partition coefficient (Wildman–Crippen LogP) is 1.70. The van der Waals surface area contributed by atoms with Crippen LogP contribution < -0.4 is 5.32 Å². The summed E-state index contributed by atoms with van der Waals surface area (Å²) in [6, 6.07) is 2.60. The van der Waals surface area contributed by atoms with Gasteiger partial charge >= 0.3 is 0 Å². The second kappa shape index (κ2) is 4.17. The zero-order valence-corrected chi connectivity index (χ0v) is 7.97. The summed E-state index contributed by atoms with van der Waals surface area (Å²) in [7, 11) is 0. The smallest absolute Gasteiger partial charge is 0.269 e. The van der Waals surface area contributed by atoms with E-state index < -0.39 is 18.8 Å². The highest BCUT2D eigenvalue weighted by atomic mass is 19.1. The highest BCUT2D eigenvalue weighted by molar-refractivity contribution is 5.92. The molecule has 1 rings (SSSR count). The third kappa shape index (κ3) is 2.28. The molecule has 76 valence electrons. The summed E-state index contributed by atoms with van der Waals surface area (Å²) < 4.78 is 33.8. The molecule has 14 heavy (non-hydrogen) atoms. The number of aromatic nitrogens is 1. The molecule has 1 amide bonds. The van der Waals surface area contributed by atoms with E-state index in [-0.39, 0.29) is 11.6 Å². The zero-order valence-electron chi connectivity index (χ0n) is 11.0. The maximum absolute atomic E-state index is 13.1. The van der Waals surface area contributed by atoms with Crippen molar-refractivity contribution in [2.75, 3.05) is 6.98 Å². The molecule has 0 aromatic carbocycles. The quantitative estimate of drug-likeness (QED) is 0.737. The minimum atomic E-state index is -2.61. The molecule has 3 nitrogen and oxygen atoms in total. The second-order valence-corrected chi connectivity index (χ2v) is 3.22. The number of hydrogen-bond donors (Lipinski definition) is 1. The molecular formula is C10H13FN2O. The lowest BCUT2D eigenvalue weighted by Gasteiger charge is -2.06. The minimum Gasteiger partial charge on any atom is -0.354 e. The third-order valence-corrected chi connectivity index (χ3v) is 1.83. The summed E-state index contributed by atoms with van der Waals surface area (Å²) in [5.74, 6) is -1.69. The first-order valence-electron chi connectivity index (χ1n) is 5.69. The van der Waals surface area contributed by atoms with E-state index in [1.54, 1.807) is 5.32 Å². The molecule has 0 spiro atoms. The molecule has 0 radical (unpaired) electrons. The minimum absolute atomic E-state index is 0.0202. The van der Waals surface area contributed by atoms with Crippen molar-refractivity contribution in [2.24, 2.45) is 0 Å².